The normalized spacial score (nSPS) is 13.5. The van der Waals surface area contributed by atoms with Gasteiger partial charge in [-0.1, -0.05) is 133 Å². The molecule has 6 aromatic carbocycles. The van der Waals surface area contributed by atoms with E-state index in [4.69, 9.17) is 9.15 Å². The van der Waals surface area contributed by atoms with Gasteiger partial charge in [-0.15, -0.1) is 0 Å². The highest BCUT2D eigenvalue weighted by Crippen LogP contribution is 2.48. The van der Waals surface area contributed by atoms with Crippen LogP contribution in [0.25, 0.3) is 55.7 Å². The molecule has 1 aliphatic rings. The van der Waals surface area contributed by atoms with Crippen molar-refractivity contribution in [3.8, 4) is 39.3 Å². The Hall–Kier alpha value is -5.93. The summed E-state index contributed by atoms with van der Waals surface area (Å²) in [6.45, 7) is 0. The fourth-order valence-electron chi connectivity index (χ4n) is 6.09. The highest BCUT2D eigenvalue weighted by Gasteiger charge is 2.34. The van der Waals surface area contributed by atoms with Gasteiger partial charge in [-0.3, -0.25) is 0 Å². The number of rotatable bonds is 5. The van der Waals surface area contributed by atoms with Gasteiger partial charge in [0, 0.05) is 27.6 Å². The van der Waals surface area contributed by atoms with Crippen molar-refractivity contribution in [3.63, 3.8) is 0 Å². The maximum atomic E-state index is 14.0. The summed E-state index contributed by atoms with van der Waals surface area (Å²) in [5.41, 5.74) is 9.77. The third-order valence-electron chi connectivity index (χ3n) is 8.16. The van der Waals surface area contributed by atoms with Crippen LogP contribution in [0.2, 0.25) is 0 Å². The Balaban J connectivity index is 1.48. The van der Waals surface area contributed by atoms with Crippen LogP contribution in [0.4, 0.5) is 0 Å². The number of furan rings is 1. The summed E-state index contributed by atoms with van der Waals surface area (Å²) in [6.07, 6.45) is 0. The van der Waals surface area contributed by atoms with E-state index in [0.717, 1.165) is 61.0 Å². The molecule has 0 aliphatic carbocycles. The number of esters is 1. The minimum atomic E-state index is -0.378. The Kier molecular flexibility index (Phi) is 6.28. The number of carbonyl (C=O) groups is 1. The van der Waals surface area contributed by atoms with Crippen molar-refractivity contribution in [2.45, 2.75) is 0 Å². The first kappa shape index (κ1) is 25.8. The maximum Gasteiger partial charge on any atom is 0.344 e. The van der Waals surface area contributed by atoms with Crippen molar-refractivity contribution >= 4 is 28.1 Å². The van der Waals surface area contributed by atoms with Crippen LogP contribution in [0.1, 0.15) is 16.7 Å². The Morgan fingerprint density at radius 3 is 1.68 bits per heavy atom. The second kappa shape index (κ2) is 10.7. The number of carbonyl (C=O) groups excluding carboxylic acids is 1. The van der Waals surface area contributed by atoms with Gasteiger partial charge in [0.2, 0.25) is 0 Å². The molecule has 0 saturated carbocycles. The standard InChI is InChI=1S/C41H26O3/c42-41-39(34-26-32(22-24-36(34)44-41)28-15-7-2-8-16-28)37(29-17-9-3-10-18-29)38-33-25-31(27-13-5-1-6-14-27)21-23-35(33)43-40(38)30-19-11-4-12-20-30/h1-26H/b39-37-. The third kappa shape index (κ3) is 4.43. The van der Waals surface area contributed by atoms with E-state index in [0.29, 0.717) is 17.1 Å². The summed E-state index contributed by atoms with van der Waals surface area (Å²) in [6, 6.07) is 52.9. The lowest BCUT2D eigenvalue weighted by Gasteiger charge is -2.13. The lowest BCUT2D eigenvalue weighted by molar-refractivity contribution is -0.126. The maximum absolute atomic E-state index is 14.0. The second-order valence-electron chi connectivity index (χ2n) is 10.8. The summed E-state index contributed by atoms with van der Waals surface area (Å²) in [7, 11) is 0. The van der Waals surface area contributed by atoms with Gasteiger partial charge in [-0.25, -0.2) is 4.79 Å². The largest absolute Gasteiger partial charge is 0.455 e. The van der Waals surface area contributed by atoms with Crippen molar-refractivity contribution in [3.05, 3.63) is 174 Å². The Morgan fingerprint density at radius 2 is 1.05 bits per heavy atom. The van der Waals surface area contributed by atoms with Crippen LogP contribution in [0, 0.1) is 0 Å². The van der Waals surface area contributed by atoms with Crippen molar-refractivity contribution in [2.24, 2.45) is 0 Å². The molecule has 0 bridgehead atoms. The zero-order valence-corrected chi connectivity index (χ0v) is 23.7. The molecule has 8 rings (SSSR count). The van der Waals surface area contributed by atoms with Crippen molar-refractivity contribution in [1.82, 2.24) is 0 Å². The van der Waals surface area contributed by atoms with E-state index in [9.17, 15) is 4.79 Å². The van der Waals surface area contributed by atoms with Crippen LogP contribution in [0.15, 0.2) is 162 Å². The summed E-state index contributed by atoms with van der Waals surface area (Å²) in [5, 5.41) is 0.928. The van der Waals surface area contributed by atoms with Crippen LogP contribution in [-0.2, 0) is 4.79 Å². The summed E-state index contributed by atoms with van der Waals surface area (Å²) in [4.78, 5) is 14.0. The van der Waals surface area contributed by atoms with Crippen LogP contribution < -0.4 is 4.74 Å². The molecule has 0 spiro atoms. The number of benzene rings is 6. The quantitative estimate of drug-likeness (QED) is 0.118. The SMILES string of the molecule is O=C1Oc2ccc(-c3ccccc3)cc2/C1=C(\c1ccccc1)c1c(-c2ccccc2)oc2ccc(-c3ccccc3)cc12. The fraction of sp³-hybridized carbons (Fsp3) is 0. The van der Waals surface area contributed by atoms with E-state index in [1.807, 2.05) is 115 Å². The Labute approximate surface area is 255 Å². The van der Waals surface area contributed by atoms with Gasteiger partial charge in [0.1, 0.15) is 17.1 Å². The molecule has 0 atom stereocenters. The predicted octanol–water partition coefficient (Wildman–Crippen LogP) is 10.3. The first-order chi connectivity index (χ1) is 21.7. The molecular weight excluding hydrogens is 540 g/mol. The van der Waals surface area contributed by atoms with E-state index in [2.05, 4.69) is 42.5 Å². The van der Waals surface area contributed by atoms with Crippen LogP contribution >= 0.6 is 0 Å². The van der Waals surface area contributed by atoms with E-state index in [-0.39, 0.29) is 5.97 Å². The molecular formula is C41H26O3. The smallest absolute Gasteiger partial charge is 0.344 e. The molecule has 0 saturated heterocycles. The van der Waals surface area contributed by atoms with Gasteiger partial charge >= 0.3 is 5.97 Å². The molecule has 3 heteroatoms. The fourth-order valence-corrected chi connectivity index (χ4v) is 6.09. The molecule has 7 aromatic rings. The molecule has 2 heterocycles. The molecule has 0 radical (unpaired) electrons. The number of fused-ring (bicyclic) bond motifs is 2. The minimum absolute atomic E-state index is 0.378. The van der Waals surface area contributed by atoms with Crippen LogP contribution in [0.5, 0.6) is 5.75 Å². The van der Waals surface area contributed by atoms with Gasteiger partial charge in [0.25, 0.3) is 0 Å². The lowest BCUT2D eigenvalue weighted by Crippen LogP contribution is -2.05. The lowest BCUT2D eigenvalue weighted by atomic mass is 9.86. The van der Waals surface area contributed by atoms with Crippen LogP contribution in [-0.4, -0.2) is 5.97 Å². The summed E-state index contributed by atoms with van der Waals surface area (Å²) in [5.74, 6) is 0.881. The zero-order valence-electron chi connectivity index (χ0n) is 23.7. The average molecular weight is 567 g/mol. The highest BCUT2D eigenvalue weighted by atomic mass is 16.5. The molecule has 0 amide bonds. The van der Waals surface area contributed by atoms with Crippen molar-refractivity contribution in [1.29, 1.82) is 0 Å². The summed E-state index contributed by atoms with van der Waals surface area (Å²) < 4.78 is 12.6. The molecule has 1 aromatic heterocycles. The van der Waals surface area contributed by atoms with Gasteiger partial charge in [0.15, 0.2) is 0 Å². The minimum Gasteiger partial charge on any atom is -0.455 e. The zero-order chi connectivity index (χ0) is 29.5. The molecule has 0 unspecified atom stereocenters. The number of ether oxygens (including phenoxy) is 1. The van der Waals surface area contributed by atoms with Crippen molar-refractivity contribution < 1.29 is 13.9 Å². The topological polar surface area (TPSA) is 39.4 Å². The first-order valence-corrected chi connectivity index (χ1v) is 14.6. The van der Waals surface area contributed by atoms with E-state index < -0.39 is 0 Å². The average Bonchev–Trinajstić information content (AvgIpc) is 3.63. The van der Waals surface area contributed by atoms with Gasteiger partial charge in [0.05, 0.1) is 5.57 Å². The number of hydrogen-bond acceptors (Lipinski definition) is 3. The highest BCUT2D eigenvalue weighted by molar-refractivity contribution is 6.32. The van der Waals surface area contributed by atoms with E-state index in [1.165, 1.54) is 0 Å². The van der Waals surface area contributed by atoms with E-state index >= 15 is 0 Å². The molecule has 44 heavy (non-hydrogen) atoms. The monoisotopic (exact) mass is 566 g/mol. The first-order valence-electron chi connectivity index (χ1n) is 14.6. The predicted molar refractivity (Wildman–Crippen MR) is 177 cm³/mol. The third-order valence-corrected chi connectivity index (χ3v) is 8.16. The molecule has 208 valence electrons. The second-order valence-corrected chi connectivity index (χ2v) is 10.8. The Bertz CT molecular complexity index is 2180. The van der Waals surface area contributed by atoms with E-state index in [1.54, 1.807) is 0 Å². The number of hydrogen-bond donors (Lipinski definition) is 0. The molecule has 3 nitrogen and oxygen atoms in total. The van der Waals surface area contributed by atoms with Gasteiger partial charge < -0.3 is 9.15 Å². The van der Waals surface area contributed by atoms with Gasteiger partial charge in [-0.2, -0.15) is 0 Å². The van der Waals surface area contributed by atoms with Crippen LogP contribution in [0.3, 0.4) is 0 Å². The van der Waals surface area contributed by atoms with Gasteiger partial charge in [-0.05, 0) is 52.1 Å². The molecule has 1 aliphatic heterocycles. The summed E-state index contributed by atoms with van der Waals surface area (Å²) >= 11 is 0. The van der Waals surface area contributed by atoms with Crippen molar-refractivity contribution in [2.75, 3.05) is 0 Å². The Morgan fingerprint density at radius 1 is 0.500 bits per heavy atom. The molecule has 0 N–H and O–H groups in total. The molecule has 0 fully saturated rings.